The van der Waals surface area contributed by atoms with Crippen molar-refractivity contribution in [1.29, 1.82) is 0 Å². The Labute approximate surface area is 121 Å². The molecule has 0 aromatic heterocycles. The normalized spacial score (nSPS) is 33.6. The van der Waals surface area contributed by atoms with Gasteiger partial charge in [0.2, 0.25) is 0 Å². The summed E-state index contributed by atoms with van der Waals surface area (Å²) in [6.45, 7) is 13.9. The van der Waals surface area contributed by atoms with Gasteiger partial charge >= 0.3 is 0 Å². The van der Waals surface area contributed by atoms with E-state index in [9.17, 15) is 0 Å². The second kappa shape index (κ2) is 7.64. The summed E-state index contributed by atoms with van der Waals surface area (Å²) in [4.78, 5) is 2.77. The van der Waals surface area contributed by atoms with Gasteiger partial charge < -0.3 is 5.73 Å². The summed E-state index contributed by atoms with van der Waals surface area (Å²) >= 11 is 0. The summed E-state index contributed by atoms with van der Waals surface area (Å²) in [5.74, 6) is 1.56. The summed E-state index contributed by atoms with van der Waals surface area (Å²) < 4.78 is 0. The fourth-order valence-electron chi connectivity index (χ4n) is 3.94. The van der Waals surface area contributed by atoms with E-state index in [1.165, 1.54) is 45.1 Å². The van der Waals surface area contributed by atoms with Crippen molar-refractivity contribution in [3.63, 3.8) is 0 Å². The van der Waals surface area contributed by atoms with Crippen LogP contribution in [0.3, 0.4) is 0 Å². The van der Waals surface area contributed by atoms with Crippen LogP contribution >= 0.6 is 0 Å². The first-order valence-corrected chi connectivity index (χ1v) is 8.48. The zero-order valence-electron chi connectivity index (χ0n) is 13.9. The summed E-state index contributed by atoms with van der Waals surface area (Å²) in [6.07, 6.45) is 7.82. The van der Waals surface area contributed by atoms with E-state index in [-0.39, 0.29) is 5.54 Å². The Morgan fingerprint density at radius 2 is 1.95 bits per heavy atom. The van der Waals surface area contributed by atoms with Crippen LogP contribution in [0.15, 0.2) is 0 Å². The molecule has 19 heavy (non-hydrogen) atoms. The number of hydrogen-bond acceptors (Lipinski definition) is 2. The quantitative estimate of drug-likeness (QED) is 0.755. The maximum absolute atomic E-state index is 6.31. The van der Waals surface area contributed by atoms with Gasteiger partial charge in [0.05, 0.1) is 0 Å². The Bertz CT molecular complexity index is 254. The Morgan fingerprint density at radius 3 is 2.47 bits per heavy atom. The van der Waals surface area contributed by atoms with Gasteiger partial charge in [0.1, 0.15) is 0 Å². The van der Waals surface area contributed by atoms with Crippen molar-refractivity contribution < 1.29 is 0 Å². The van der Waals surface area contributed by atoms with Gasteiger partial charge in [0.15, 0.2) is 0 Å². The second-order valence-electron chi connectivity index (χ2n) is 6.90. The first-order valence-electron chi connectivity index (χ1n) is 8.48. The zero-order chi connectivity index (χ0) is 14.5. The van der Waals surface area contributed by atoms with Gasteiger partial charge in [-0.2, -0.15) is 0 Å². The van der Waals surface area contributed by atoms with Gasteiger partial charge in [-0.1, -0.05) is 40.5 Å². The molecule has 2 N–H and O–H groups in total. The number of unbranched alkanes of at least 4 members (excludes halogenated alkanes) is 1. The maximum atomic E-state index is 6.31. The van der Waals surface area contributed by atoms with Crippen molar-refractivity contribution in [2.24, 2.45) is 17.6 Å². The van der Waals surface area contributed by atoms with Crippen LogP contribution in [0, 0.1) is 11.8 Å². The minimum atomic E-state index is 0.252. The van der Waals surface area contributed by atoms with Gasteiger partial charge in [-0.25, -0.2) is 0 Å². The number of rotatable bonds is 7. The van der Waals surface area contributed by atoms with E-state index in [1.807, 2.05) is 0 Å². The van der Waals surface area contributed by atoms with E-state index in [2.05, 4.69) is 39.5 Å². The van der Waals surface area contributed by atoms with Crippen molar-refractivity contribution in [2.45, 2.75) is 84.7 Å². The van der Waals surface area contributed by atoms with Crippen LogP contribution in [0.4, 0.5) is 0 Å². The fourth-order valence-corrected chi connectivity index (χ4v) is 3.94. The first kappa shape index (κ1) is 17.0. The Kier molecular flexibility index (Phi) is 6.82. The molecule has 4 atom stereocenters. The van der Waals surface area contributed by atoms with Crippen molar-refractivity contribution in [3.05, 3.63) is 0 Å². The van der Waals surface area contributed by atoms with Crippen LogP contribution in [-0.4, -0.2) is 29.6 Å². The molecule has 0 bridgehead atoms. The van der Waals surface area contributed by atoms with E-state index >= 15 is 0 Å². The molecule has 0 aliphatic heterocycles. The summed E-state index contributed by atoms with van der Waals surface area (Å²) in [7, 11) is 0. The molecule has 0 spiro atoms. The molecule has 0 heterocycles. The summed E-state index contributed by atoms with van der Waals surface area (Å²) in [5, 5.41) is 0. The molecule has 114 valence electrons. The smallest absolute Gasteiger partial charge is 0.0362 e. The molecule has 2 nitrogen and oxygen atoms in total. The van der Waals surface area contributed by atoms with Gasteiger partial charge in [0.25, 0.3) is 0 Å². The first-order chi connectivity index (χ1) is 9.01. The topological polar surface area (TPSA) is 29.3 Å². The molecule has 0 aromatic carbocycles. The van der Waals surface area contributed by atoms with Crippen molar-refractivity contribution in [2.75, 3.05) is 13.1 Å². The fraction of sp³-hybridized carbons (Fsp3) is 1.00. The molecule has 0 radical (unpaired) electrons. The summed E-state index contributed by atoms with van der Waals surface area (Å²) in [6, 6.07) is 0.655. The van der Waals surface area contributed by atoms with Crippen molar-refractivity contribution in [1.82, 2.24) is 4.90 Å². The lowest BCUT2D eigenvalue weighted by molar-refractivity contribution is -0.0300. The standard InChI is InChI=1S/C17H36N2/c1-6-8-11-19(16(5)7-2)17(13-18)12-14(3)9-10-15(17)4/h14-16H,6-13,18H2,1-5H3. The highest BCUT2D eigenvalue weighted by molar-refractivity contribution is 5.01. The van der Waals surface area contributed by atoms with Crippen molar-refractivity contribution >= 4 is 0 Å². The van der Waals surface area contributed by atoms with E-state index < -0.39 is 0 Å². The molecule has 0 aromatic rings. The molecule has 1 rings (SSSR count). The molecule has 2 heteroatoms. The molecule has 0 saturated heterocycles. The average Bonchev–Trinajstić information content (AvgIpc) is 2.42. The number of hydrogen-bond donors (Lipinski definition) is 1. The molecular weight excluding hydrogens is 232 g/mol. The highest BCUT2D eigenvalue weighted by atomic mass is 15.2. The van der Waals surface area contributed by atoms with Crippen molar-refractivity contribution in [3.8, 4) is 0 Å². The van der Waals surface area contributed by atoms with E-state index in [1.54, 1.807) is 0 Å². The maximum Gasteiger partial charge on any atom is 0.0362 e. The lowest BCUT2D eigenvalue weighted by Gasteiger charge is -2.54. The Balaban J connectivity index is 2.97. The lowest BCUT2D eigenvalue weighted by Crippen LogP contribution is -2.63. The third kappa shape index (κ3) is 3.72. The summed E-state index contributed by atoms with van der Waals surface area (Å²) in [5.41, 5.74) is 6.57. The van der Waals surface area contributed by atoms with E-state index in [0.29, 0.717) is 6.04 Å². The van der Waals surface area contributed by atoms with Gasteiger partial charge in [-0.05, 0) is 51.0 Å². The van der Waals surface area contributed by atoms with Crippen LogP contribution in [0.1, 0.15) is 73.1 Å². The van der Waals surface area contributed by atoms with Gasteiger partial charge in [-0.15, -0.1) is 0 Å². The average molecular weight is 268 g/mol. The van der Waals surface area contributed by atoms with Crippen LogP contribution < -0.4 is 5.73 Å². The second-order valence-corrected chi connectivity index (χ2v) is 6.90. The predicted molar refractivity (Wildman–Crippen MR) is 85.3 cm³/mol. The molecule has 1 fully saturated rings. The number of nitrogens with two attached hydrogens (primary N) is 1. The molecule has 1 aliphatic rings. The zero-order valence-corrected chi connectivity index (χ0v) is 13.9. The van der Waals surface area contributed by atoms with E-state index in [4.69, 9.17) is 5.73 Å². The highest BCUT2D eigenvalue weighted by Gasteiger charge is 2.45. The van der Waals surface area contributed by atoms with Crippen LogP contribution in [-0.2, 0) is 0 Å². The van der Waals surface area contributed by atoms with E-state index in [0.717, 1.165) is 18.4 Å². The predicted octanol–water partition coefficient (Wildman–Crippen LogP) is 4.04. The third-order valence-electron chi connectivity index (χ3n) is 5.51. The third-order valence-corrected chi connectivity index (χ3v) is 5.51. The minimum absolute atomic E-state index is 0.252. The number of nitrogens with zero attached hydrogens (tertiary/aromatic N) is 1. The molecule has 4 unspecified atom stereocenters. The molecule has 1 aliphatic carbocycles. The van der Waals surface area contributed by atoms with Crippen LogP contribution in [0.2, 0.25) is 0 Å². The van der Waals surface area contributed by atoms with Crippen LogP contribution in [0.25, 0.3) is 0 Å². The largest absolute Gasteiger partial charge is 0.329 e. The minimum Gasteiger partial charge on any atom is -0.329 e. The Morgan fingerprint density at radius 1 is 1.26 bits per heavy atom. The monoisotopic (exact) mass is 268 g/mol. The lowest BCUT2D eigenvalue weighted by atomic mass is 9.68. The van der Waals surface area contributed by atoms with Crippen LogP contribution in [0.5, 0.6) is 0 Å². The van der Waals surface area contributed by atoms with Gasteiger partial charge in [0, 0.05) is 18.1 Å². The molecule has 0 amide bonds. The highest BCUT2D eigenvalue weighted by Crippen LogP contribution is 2.41. The SMILES string of the molecule is CCCCN(C(C)CC)C1(CN)CC(C)CCC1C. The molecular formula is C17H36N2. The van der Waals surface area contributed by atoms with Gasteiger partial charge in [-0.3, -0.25) is 4.90 Å². The molecule has 1 saturated carbocycles. The Hall–Kier alpha value is -0.0800.